The fraction of sp³-hybridized carbons (Fsp3) is 0.444. The number of nitrogens with zero attached hydrogens (tertiary/aromatic N) is 1. The normalized spacial score (nSPS) is 16.0. The Bertz CT molecular complexity index is 250. The van der Waals surface area contributed by atoms with E-state index in [2.05, 4.69) is 12.1 Å². The maximum absolute atomic E-state index is 10.6. The van der Waals surface area contributed by atoms with E-state index in [0.717, 1.165) is 18.5 Å². The molecule has 5 heteroatoms. The highest BCUT2D eigenvalue weighted by Gasteiger charge is 2.14. The number of carbonyl (C=O) groups is 1. The average Bonchev–Trinajstić information content (AvgIpc) is 2.19. The largest absolute Gasteiger partial charge is 0.465 e. The van der Waals surface area contributed by atoms with Gasteiger partial charge in [-0.25, -0.2) is 4.79 Å². The molecule has 0 fully saturated rings. The van der Waals surface area contributed by atoms with E-state index in [1.54, 1.807) is 12.3 Å². The summed E-state index contributed by atoms with van der Waals surface area (Å²) in [5.41, 5.74) is 3.47. The van der Waals surface area contributed by atoms with Crippen LogP contribution in [0.25, 0.3) is 0 Å². The SMILES string of the molecule is C=CCONC1=CN(C(=O)O)CCC1. The molecular weight excluding hydrogens is 184 g/mol. The van der Waals surface area contributed by atoms with Crippen molar-refractivity contribution in [3.63, 3.8) is 0 Å². The van der Waals surface area contributed by atoms with Gasteiger partial charge in [-0.1, -0.05) is 6.08 Å². The first-order valence-corrected chi connectivity index (χ1v) is 4.43. The van der Waals surface area contributed by atoms with Crippen LogP contribution < -0.4 is 5.48 Å². The second-order valence-electron chi connectivity index (χ2n) is 2.94. The van der Waals surface area contributed by atoms with Crippen molar-refractivity contribution in [1.29, 1.82) is 0 Å². The van der Waals surface area contributed by atoms with Gasteiger partial charge in [-0.2, -0.15) is 0 Å². The molecule has 2 N–H and O–H groups in total. The number of carboxylic acid groups (broad SMARTS) is 1. The fourth-order valence-electron chi connectivity index (χ4n) is 1.18. The topological polar surface area (TPSA) is 61.8 Å². The Kier molecular flexibility index (Phi) is 4.00. The average molecular weight is 198 g/mol. The highest BCUT2D eigenvalue weighted by molar-refractivity contribution is 5.66. The van der Waals surface area contributed by atoms with Crippen LogP contribution in [0.3, 0.4) is 0 Å². The molecule has 5 nitrogen and oxygen atoms in total. The van der Waals surface area contributed by atoms with Crippen molar-refractivity contribution in [1.82, 2.24) is 10.4 Å². The van der Waals surface area contributed by atoms with Crippen LogP contribution in [0.1, 0.15) is 12.8 Å². The molecule has 0 radical (unpaired) electrons. The molecule has 0 atom stereocenters. The van der Waals surface area contributed by atoms with E-state index in [9.17, 15) is 4.79 Å². The van der Waals surface area contributed by atoms with E-state index in [1.807, 2.05) is 0 Å². The summed E-state index contributed by atoms with van der Waals surface area (Å²) in [5.74, 6) is 0. The molecule has 14 heavy (non-hydrogen) atoms. The van der Waals surface area contributed by atoms with Gasteiger partial charge in [-0.05, 0) is 12.8 Å². The lowest BCUT2D eigenvalue weighted by Crippen LogP contribution is -2.31. The summed E-state index contributed by atoms with van der Waals surface area (Å²) in [6, 6.07) is 0. The summed E-state index contributed by atoms with van der Waals surface area (Å²) >= 11 is 0. The van der Waals surface area contributed by atoms with Crippen LogP contribution in [0.15, 0.2) is 24.6 Å². The standard InChI is InChI=1S/C9H14N2O3/c1-2-6-14-10-8-4-3-5-11(7-8)9(12)13/h2,7,10H,1,3-6H2,(H,12,13). The van der Waals surface area contributed by atoms with Crippen LogP contribution in [0, 0.1) is 0 Å². The van der Waals surface area contributed by atoms with Gasteiger partial charge in [-0.3, -0.25) is 15.2 Å². The Labute approximate surface area is 82.6 Å². The number of allylic oxidation sites excluding steroid dienone is 1. The Balaban J connectivity index is 2.42. The summed E-state index contributed by atoms with van der Waals surface area (Å²) in [6.45, 7) is 4.43. The molecule has 0 aromatic heterocycles. The summed E-state index contributed by atoms with van der Waals surface area (Å²) in [7, 11) is 0. The molecule has 1 amide bonds. The molecule has 0 aromatic carbocycles. The van der Waals surface area contributed by atoms with Gasteiger partial charge >= 0.3 is 6.09 Å². The van der Waals surface area contributed by atoms with Crippen LogP contribution in [0.5, 0.6) is 0 Å². The highest BCUT2D eigenvalue weighted by Crippen LogP contribution is 2.11. The number of nitrogens with one attached hydrogen (secondary N) is 1. The third-order valence-corrected chi connectivity index (χ3v) is 1.81. The summed E-state index contributed by atoms with van der Waals surface area (Å²) in [5, 5.41) is 8.72. The second kappa shape index (κ2) is 5.29. The smallest absolute Gasteiger partial charge is 0.411 e. The van der Waals surface area contributed by atoms with E-state index < -0.39 is 6.09 Å². The minimum Gasteiger partial charge on any atom is -0.465 e. The van der Waals surface area contributed by atoms with Gasteiger partial charge in [0, 0.05) is 12.7 Å². The van der Waals surface area contributed by atoms with Crippen LogP contribution >= 0.6 is 0 Å². The molecule has 0 saturated carbocycles. The minimum absolute atomic E-state index is 0.393. The van der Waals surface area contributed by atoms with Crippen molar-refractivity contribution in [3.05, 3.63) is 24.6 Å². The summed E-state index contributed by atoms with van der Waals surface area (Å²) < 4.78 is 0. The molecule has 1 heterocycles. The van der Waals surface area contributed by atoms with Gasteiger partial charge in [0.05, 0.1) is 12.3 Å². The van der Waals surface area contributed by atoms with Crippen LogP contribution in [0.4, 0.5) is 4.79 Å². The van der Waals surface area contributed by atoms with Crippen molar-refractivity contribution in [2.24, 2.45) is 0 Å². The van der Waals surface area contributed by atoms with Crippen molar-refractivity contribution in [2.45, 2.75) is 12.8 Å². The third-order valence-electron chi connectivity index (χ3n) is 1.81. The van der Waals surface area contributed by atoms with Gasteiger partial charge in [0.2, 0.25) is 0 Å². The van der Waals surface area contributed by atoms with E-state index in [0.29, 0.717) is 13.2 Å². The maximum Gasteiger partial charge on any atom is 0.411 e. The first-order valence-electron chi connectivity index (χ1n) is 4.43. The maximum atomic E-state index is 10.6. The lowest BCUT2D eigenvalue weighted by molar-refractivity contribution is 0.0789. The van der Waals surface area contributed by atoms with E-state index >= 15 is 0 Å². The quantitative estimate of drug-likeness (QED) is 0.406. The Morgan fingerprint density at radius 1 is 1.86 bits per heavy atom. The molecule has 0 aliphatic carbocycles. The van der Waals surface area contributed by atoms with Crippen molar-refractivity contribution < 1.29 is 14.7 Å². The van der Waals surface area contributed by atoms with Gasteiger partial charge in [0.1, 0.15) is 0 Å². The first kappa shape index (κ1) is 10.6. The lowest BCUT2D eigenvalue weighted by atomic mass is 10.2. The van der Waals surface area contributed by atoms with E-state index in [-0.39, 0.29) is 0 Å². The zero-order chi connectivity index (χ0) is 10.4. The Morgan fingerprint density at radius 2 is 2.64 bits per heavy atom. The Morgan fingerprint density at radius 3 is 3.29 bits per heavy atom. The number of rotatable bonds is 4. The summed E-state index contributed by atoms with van der Waals surface area (Å²) in [6.07, 6.45) is 3.84. The second-order valence-corrected chi connectivity index (χ2v) is 2.94. The highest BCUT2D eigenvalue weighted by atomic mass is 16.6. The Hall–Kier alpha value is -1.49. The number of amides is 1. The molecule has 1 aliphatic rings. The number of hydrogen-bond acceptors (Lipinski definition) is 3. The predicted octanol–water partition coefficient (Wildman–Crippen LogP) is 1.31. The van der Waals surface area contributed by atoms with Crippen LogP contribution in [0.2, 0.25) is 0 Å². The van der Waals surface area contributed by atoms with Gasteiger partial charge in [0.25, 0.3) is 0 Å². The lowest BCUT2D eigenvalue weighted by Gasteiger charge is -2.22. The molecule has 0 bridgehead atoms. The van der Waals surface area contributed by atoms with Crippen molar-refractivity contribution in [3.8, 4) is 0 Å². The fourth-order valence-corrected chi connectivity index (χ4v) is 1.18. The van der Waals surface area contributed by atoms with Gasteiger partial charge < -0.3 is 5.11 Å². The van der Waals surface area contributed by atoms with Crippen molar-refractivity contribution in [2.75, 3.05) is 13.2 Å². The van der Waals surface area contributed by atoms with Crippen LogP contribution in [-0.2, 0) is 4.84 Å². The molecule has 0 spiro atoms. The van der Waals surface area contributed by atoms with Gasteiger partial charge in [0.15, 0.2) is 0 Å². The monoisotopic (exact) mass is 198 g/mol. The van der Waals surface area contributed by atoms with Gasteiger partial charge in [-0.15, -0.1) is 6.58 Å². The predicted molar refractivity (Wildman–Crippen MR) is 51.3 cm³/mol. The van der Waals surface area contributed by atoms with E-state index in [1.165, 1.54) is 4.90 Å². The van der Waals surface area contributed by atoms with E-state index in [4.69, 9.17) is 9.94 Å². The first-order chi connectivity index (χ1) is 6.74. The molecule has 0 unspecified atom stereocenters. The molecular formula is C9H14N2O3. The van der Waals surface area contributed by atoms with Crippen LogP contribution in [-0.4, -0.2) is 29.3 Å². The molecule has 78 valence electrons. The third kappa shape index (κ3) is 3.10. The molecule has 1 rings (SSSR count). The summed E-state index contributed by atoms with van der Waals surface area (Å²) in [4.78, 5) is 16.9. The number of hydroxylamine groups is 1. The molecule has 1 aliphatic heterocycles. The zero-order valence-electron chi connectivity index (χ0n) is 7.90. The number of hydrogen-bond donors (Lipinski definition) is 2. The molecule has 0 aromatic rings. The minimum atomic E-state index is -0.937. The zero-order valence-corrected chi connectivity index (χ0v) is 7.90. The molecule has 0 saturated heterocycles. The van der Waals surface area contributed by atoms with Crippen molar-refractivity contribution >= 4 is 6.09 Å².